The van der Waals surface area contributed by atoms with E-state index in [4.69, 9.17) is 15.1 Å². The van der Waals surface area contributed by atoms with Crippen LogP contribution in [-0.4, -0.2) is 16.1 Å². The summed E-state index contributed by atoms with van der Waals surface area (Å²) in [6.07, 6.45) is 9.97. The van der Waals surface area contributed by atoms with Gasteiger partial charge < -0.3 is 10.2 Å². The molecular formula is C23H27N3O2. The van der Waals surface area contributed by atoms with Crippen LogP contribution >= 0.6 is 0 Å². The number of nitrogens with two attached hydrogens (primary N) is 1. The molecule has 1 fully saturated rings. The van der Waals surface area contributed by atoms with Crippen molar-refractivity contribution < 1.29 is 4.42 Å². The number of furan rings is 1. The molecule has 5 nitrogen and oxygen atoms in total. The summed E-state index contributed by atoms with van der Waals surface area (Å²) in [5.74, 6) is 2.44. The van der Waals surface area contributed by atoms with E-state index in [0.717, 1.165) is 36.2 Å². The lowest BCUT2D eigenvalue weighted by Gasteiger charge is -2.29. The number of hydrogen-bond donors (Lipinski definition) is 1. The highest BCUT2D eigenvalue weighted by Gasteiger charge is 2.23. The first-order chi connectivity index (χ1) is 13.6. The SMILES string of the molecule is Cc1ccc2nc(/C=C/c3ccco3)n(CC3CCCC(CN)C3)c(=O)c2c1. The van der Waals surface area contributed by atoms with E-state index in [9.17, 15) is 4.79 Å². The summed E-state index contributed by atoms with van der Waals surface area (Å²) in [6, 6.07) is 9.58. The zero-order chi connectivity index (χ0) is 19.5. The molecule has 28 heavy (non-hydrogen) atoms. The molecule has 2 unspecified atom stereocenters. The van der Waals surface area contributed by atoms with Gasteiger partial charge in [-0.05, 0) is 81.0 Å². The molecule has 1 aromatic carbocycles. The molecule has 4 rings (SSSR count). The van der Waals surface area contributed by atoms with E-state index in [1.54, 1.807) is 6.26 Å². The average Bonchev–Trinajstić information content (AvgIpc) is 3.23. The highest BCUT2D eigenvalue weighted by molar-refractivity contribution is 5.80. The summed E-state index contributed by atoms with van der Waals surface area (Å²) in [5, 5.41) is 0.682. The minimum atomic E-state index is 0.0302. The molecule has 1 aliphatic rings. The van der Waals surface area contributed by atoms with Gasteiger partial charge in [0.1, 0.15) is 11.6 Å². The van der Waals surface area contributed by atoms with Gasteiger partial charge in [-0.3, -0.25) is 9.36 Å². The number of nitrogens with zero attached hydrogens (tertiary/aromatic N) is 2. The van der Waals surface area contributed by atoms with Crippen molar-refractivity contribution in [2.45, 2.75) is 39.2 Å². The number of fused-ring (bicyclic) bond motifs is 1. The molecule has 146 valence electrons. The van der Waals surface area contributed by atoms with Crippen molar-refractivity contribution in [2.24, 2.45) is 17.6 Å². The smallest absolute Gasteiger partial charge is 0.261 e. The van der Waals surface area contributed by atoms with Crippen LogP contribution in [0.3, 0.4) is 0 Å². The van der Waals surface area contributed by atoms with Crippen LogP contribution < -0.4 is 11.3 Å². The number of aromatic nitrogens is 2. The maximum Gasteiger partial charge on any atom is 0.261 e. The fourth-order valence-electron chi connectivity index (χ4n) is 4.24. The van der Waals surface area contributed by atoms with Gasteiger partial charge in [-0.15, -0.1) is 0 Å². The molecule has 2 heterocycles. The van der Waals surface area contributed by atoms with E-state index >= 15 is 0 Å². The lowest BCUT2D eigenvalue weighted by Crippen LogP contribution is -2.31. The Bertz CT molecular complexity index is 1030. The van der Waals surface area contributed by atoms with E-state index in [2.05, 4.69) is 0 Å². The third-order valence-corrected chi connectivity index (χ3v) is 5.74. The van der Waals surface area contributed by atoms with Gasteiger partial charge in [-0.2, -0.15) is 0 Å². The first-order valence-corrected chi connectivity index (χ1v) is 10.1. The summed E-state index contributed by atoms with van der Waals surface area (Å²) < 4.78 is 7.23. The second kappa shape index (κ2) is 8.15. The third kappa shape index (κ3) is 3.94. The molecule has 0 bridgehead atoms. The maximum absolute atomic E-state index is 13.3. The molecule has 5 heteroatoms. The molecule has 0 radical (unpaired) electrons. The van der Waals surface area contributed by atoms with Crippen molar-refractivity contribution in [1.82, 2.24) is 9.55 Å². The monoisotopic (exact) mass is 377 g/mol. The molecule has 1 saturated carbocycles. The Kier molecular flexibility index (Phi) is 5.44. The summed E-state index contributed by atoms with van der Waals surface area (Å²) in [7, 11) is 0. The van der Waals surface area contributed by atoms with Crippen LogP contribution in [0.4, 0.5) is 0 Å². The van der Waals surface area contributed by atoms with Crippen LogP contribution in [-0.2, 0) is 6.54 Å². The highest BCUT2D eigenvalue weighted by atomic mass is 16.3. The summed E-state index contributed by atoms with van der Waals surface area (Å²) in [4.78, 5) is 18.1. The topological polar surface area (TPSA) is 74.1 Å². The van der Waals surface area contributed by atoms with Crippen molar-refractivity contribution >= 4 is 23.1 Å². The van der Waals surface area contributed by atoms with E-state index in [0.29, 0.717) is 29.6 Å². The second-order valence-electron chi connectivity index (χ2n) is 7.89. The lowest BCUT2D eigenvalue weighted by atomic mass is 9.81. The van der Waals surface area contributed by atoms with Gasteiger partial charge in [-0.1, -0.05) is 18.1 Å². The number of aryl methyl sites for hydroxylation is 1. The largest absolute Gasteiger partial charge is 0.465 e. The van der Waals surface area contributed by atoms with E-state index < -0.39 is 0 Å². The molecule has 0 aliphatic heterocycles. The van der Waals surface area contributed by atoms with Crippen LogP contribution in [0, 0.1) is 18.8 Å². The lowest BCUT2D eigenvalue weighted by molar-refractivity contribution is 0.245. The Morgan fingerprint density at radius 2 is 2.11 bits per heavy atom. The Morgan fingerprint density at radius 3 is 2.89 bits per heavy atom. The zero-order valence-electron chi connectivity index (χ0n) is 16.3. The Morgan fingerprint density at radius 1 is 1.25 bits per heavy atom. The van der Waals surface area contributed by atoms with E-state index in [1.807, 2.05) is 54.0 Å². The molecular weight excluding hydrogens is 350 g/mol. The zero-order valence-corrected chi connectivity index (χ0v) is 16.3. The molecule has 1 aliphatic carbocycles. The van der Waals surface area contributed by atoms with Gasteiger partial charge >= 0.3 is 0 Å². The molecule has 0 amide bonds. The van der Waals surface area contributed by atoms with E-state index in [-0.39, 0.29) is 5.56 Å². The maximum atomic E-state index is 13.3. The second-order valence-corrected chi connectivity index (χ2v) is 7.89. The molecule has 2 N–H and O–H groups in total. The molecule has 0 saturated heterocycles. The van der Waals surface area contributed by atoms with Gasteiger partial charge in [0.2, 0.25) is 0 Å². The van der Waals surface area contributed by atoms with Gasteiger partial charge in [-0.25, -0.2) is 4.98 Å². The van der Waals surface area contributed by atoms with Crippen LogP contribution in [0.5, 0.6) is 0 Å². The predicted molar refractivity (Wildman–Crippen MR) is 113 cm³/mol. The third-order valence-electron chi connectivity index (χ3n) is 5.74. The standard InChI is InChI=1S/C23H27N3O2/c1-16-7-9-21-20(12-16)23(27)26(15-18-5-2-4-17(13-18)14-24)22(25-21)10-8-19-6-3-11-28-19/h3,6-12,17-18H,2,4-5,13-15,24H2,1H3/b10-8+. The Labute approximate surface area is 164 Å². The summed E-state index contributed by atoms with van der Waals surface area (Å²) in [6.45, 7) is 3.41. The molecule has 2 aromatic heterocycles. The van der Waals surface area contributed by atoms with Crippen LogP contribution in [0.1, 0.15) is 42.8 Å². The van der Waals surface area contributed by atoms with Gasteiger partial charge in [0.15, 0.2) is 0 Å². The Balaban J connectivity index is 1.75. The fraction of sp³-hybridized carbons (Fsp3) is 0.391. The van der Waals surface area contributed by atoms with Crippen molar-refractivity contribution in [1.29, 1.82) is 0 Å². The van der Waals surface area contributed by atoms with Crippen molar-refractivity contribution in [3.63, 3.8) is 0 Å². The van der Waals surface area contributed by atoms with Gasteiger partial charge in [0.05, 0.1) is 17.2 Å². The highest BCUT2D eigenvalue weighted by Crippen LogP contribution is 2.29. The normalized spacial score (nSPS) is 20.2. The number of hydrogen-bond acceptors (Lipinski definition) is 4. The fourth-order valence-corrected chi connectivity index (χ4v) is 4.24. The average molecular weight is 377 g/mol. The van der Waals surface area contributed by atoms with E-state index in [1.165, 1.54) is 12.8 Å². The van der Waals surface area contributed by atoms with Crippen molar-refractivity contribution in [2.75, 3.05) is 6.54 Å². The quantitative estimate of drug-likeness (QED) is 0.722. The molecule has 0 spiro atoms. The molecule has 2 atom stereocenters. The summed E-state index contributed by atoms with van der Waals surface area (Å²) in [5.41, 5.74) is 7.74. The summed E-state index contributed by atoms with van der Waals surface area (Å²) >= 11 is 0. The van der Waals surface area contributed by atoms with Crippen LogP contribution in [0.25, 0.3) is 23.1 Å². The molecule has 3 aromatic rings. The van der Waals surface area contributed by atoms with Crippen molar-refractivity contribution in [3.8, 4) is 0 Å². The minimum absolute atomic E-state index is 0.0302. The number of benzene rings is 1. The van der Waals surface area contributed by atoms with Crippen molar-refractivity contribution in [3.05, 3.63) is 64.1 Å². The first kappa shape index (κ1) is 18.7. The predicted octanol–water partition coefficient (Wildman–Crippen LogP) is 4.23. The minimum Gasteiger partial charge on any atom is -0.465 e. The van der Waals surface area contributed by atoms with Gasteiger partial charge in [0, 0.05) is 6.54 Å². The first-order valence-electron chi connectivity index (χ1n) is 10.1. The Hall–Kier alpha value is -2.66. The van der Waals surface area contributed by atoms with Crippen LogP contribution in [0.15, 0.2) is 45.8 Å². The van der Waals surface area contributed by atoms with Crippen LogP contribution in [0.2, 0.25) is 0 Å². The van der Waals surface area contributed by atoms with Gasteiger partial charge in [0.25, 0.3) is 5.56 Å². The number of rotatable bonds is 5.